The molecule has 0 aliphatic rings. The van der Waals surface area contributed by atoms with Crippen LogP contribution in [-0.2, 0) is 0 Å². The van der Waals surface area contributed by atoms with Gasteiger partial charge in [-0.05, 0) is 48.3 Å². The van der Waals surface area contributed by atoms with Crippen molar-refractivity contribution in [2.45, 2.75) is 26.4 Å². The molecule has 0 atom stereocenters. The first-order valence-electron chi connectivity index (χ1n) is 3.75. The van der Waals surface area contributed by atoms with E-state index in [1.165, 1.54) is 0 Å². The molecule has 0 aliphatic heterocycles. The summed E-state index contributed by atoms with van der Waals surface area (Å²) >= 11 is 8.90. The summed E-state index contributed by atoms with van der Waals surface area (Å²) in [5.74, 6) is 0.465. The summed E-state index contributed by atoms with van der Waals surface area (Å²) in [6.07, 6.45) is 1.57. The molecule has 0 amide bonds. The van der Waals surface area contributed by atoms with Crippen molar-refractivity contribution >= 4 is 27.5 Å². The van der Waals surface area contributed by atoms with Crippen LogP contribution in [0.25, 0.3) is 0 Å². The fourth-order valence-corrected chi connectivity index (χ4v) is 1.09. The third kappa shape index (κ3) is 3.48. The molecule has 0 radical (unpaired) electrons. The standard InChI is InChI=1S/C8H10BrClN2O/c1-8(2,3)13-6-5(9)4-11-7(10)12-6/h4H,1-3H3. The van der Waals surface area contributed by atoms with E-state index >= 15 is 0 Å². The van der Waals surface area contributed by atoms with E-state index in [4.69, 9.17) is 16.3 Å². The smallest absolute Gasteiger partial charge is 0.232 e. The largest absolute Gasteiger partial charge is 0.471 e. The molecule has 72 valence electrons. The monoisotopic (exact) mass is 264 g/mol. The Labute approximate surface area is 90.6 Å². The molecular weight excluding hydrogens is 255 g/mol. The highest BCUT2D eigenvalue weighted by atomic mass is 79.9. The van der Waals surface area contributed by atoms with E-state index in [0.717, 1.165) is 0 Å². The average molecular weight is 266 g/mol. The lowest BCUT2D eigenvalue weighted by atomic mass is 10.2. The SMILES string of the molecule is CC(C)(C)Oc1nc(Cl)ncc1Br. The van der Waals surface area contributed by atoms with Crippen LogP contribution in [0.1, 0.15) is 20.8 Å². The van der Waals surface area contributed by atoms with Crippen molar-refractivity contribution in [1.82, 2.24) is 9.97 Å². The molecule has 5 heteroatoms. The average Bonchev–Trinajstić information content (AvgIpc) is 1.94. The zero-order valence-corrected chi connectivity index (χ0v) is 9.98. The Morgan fingerprint density at radius 2 is 2.08 bits per heavy atom. The molecular formula is C8H10BrClN2O. The Morgan fingerprint density at radius 1 is 1.46 bits per heavy atom. The van der Waals surface area contributed by atoms with Crippen LogP contribution in [0.5, 0.6) is 5.88 Å². The Bertz CT molecular complexity index is 312. The van der Waals surface area contributed by atoms with Gasteiger partial charge < -0.3 is 4.74 Å². The first-order valence-corrected chi connectivity index (χ1v) is 4.92. The Morgan fingerprint density at radius 3 is 2.62 bits per heavy atom. The zero-order chi connectivity index (χ0) is 10.1. The van der Waals surface area contributed by atoms with Gasteiger partial charge in [0.1, 0.15) is 5.60 Å². The molecule has 0 unspecified atom stereocenters. The minimum absolute atomic E-state index is 0.183. The van der Waals surface area contributed by atoms with Gasteiger partial charge in [0.2, 0.25) is 11.2 Å². The minimum atomic E-state index is -0.291. The van der Waals surface area contributed by atoms with Crippen molar-refractivity contribution in [3.05, 3.63) is 16.0 Å². The van der Waals surface area contributed by atoms with E-state index in [9.17, 15) is 0 Å². The number of hydrogen-bond donors (Lipinski definition) is 0. The molecule has 1 aromatic heterocycles. The second kappa shape index (κ2) is 3.80. The van der Waals surface area contributed by atoms with E-state index in [1.54, 1.807) is 6.20 Å². The number of rotatable bonds is 1. The van der Waals surface area contributed by atoms with E-state index in [-0.39, 0.29) is 10.9 Å². The van der Waals surface area contributed by atoms with Crippen molar-refractivity contribution in [1.29, 1.82) is 0 Å². The second-order valence-electron chi connectivity index (χ2n) is 3.51. The third-order valence-corrected chi connectivity index (χ3v) is 1.81. The third-order valence-electron chi connectivity index (χ3n) is 1.09. The van der Waals surface area contributed by atoms with E-state index < -0.39 is 0 Å². The van der Waals surface area contributed by atoms with Crippen LogP contribution in [0.3, 0.4) is 0 Å². The lowest BCUT2D eigenvalue weighted by Gasteiger charge is -2.20. The number of hydrogen-bond acceptors (Lipinski definition) is 3. The van der Waals surface area contributed by atoms with Gasteiger partial charge in [-0.1, -0.05) is 0 Å². The fourth-order valence-electron chi connectivity index (χ4n) is 0.693. The lowest BCUT2D eigenvalue weighted by molar-refractivity contribution is 0.122. The van der Waals surface area contributed by atoms with E-state index in [2.05, 4.69) is 25.9 Å². The second-order valence-corrected chi connectivity index (χ2v) is 4.70. The van der Waals surface area contributed by atoms with Crippen molar-refractivity contribution in [2.24, 2.45) is 0 Å². The van der Waals surface area contributed by atoms with Crippen molar-refractivity contribution in [3.63, 3.8) is 0 Å². The molecule has 0 aliphatic carbocycles. The van der Waals surface area contributed by atoms with Gasteiger partial charge in [0.25, 0.3) is 0 Å². The highest BCUT2D eigenvalue weighted by Crippen LogP contribution is 2.25. The summed E-state index contributed by atoms with van der Waals surface area (Å²) < 4.78 is 6.23. The van der Waals surface area contributed by atoms with Crippen LogP contribution in [0.15, 0.2) is 10.7 Å². The highest BCUT2D eigenvalue weighted by molar-refractivity contribution is 9.10. The lowest BCUT2D eigenvalue weighted by Crippen LogP contribution is -2.23. The maximum atomic E-state index is 5.62. The Balaban J connectivity index is 2.94. The van der Waals surface area contributed by atoms with Crippen molar-refractivity contribution in [3.8, 4) is 5.88 Å². The van der Waals surface area contributed by atoms with Gasteiger partial charge in [-0.25, -0.2) is 4.98 Å². The predicted molar refractivity (Wildman–Crippen MR) is 55.1 cm³/mol. The maximum absolute atomic E-state index is 5.62. The number of ether oxygens (including phenoxy) is 1. The molecule has 13 heavy (non-hydrogen) atoms. The Hall–Kier alpha value is -0.350. The molecule has 1 heterocycles. The van der Waals surface area contributed by atoms with Crippen molar-refractivity contribution in [2.75, 3.05) is 0 Å². The molecule has 0 aromatic carbocycles. The summed E-state index contributed by atoms with van der Waals surface area (Å²) in [6.45, 7) is 5.82. The fraction of sp³-hybridized carbons (Fsp3) is 0.500. The minimum Gasteiger partial charge on any atom is -0.471 e. The number of halogens is 2. The van der Waals surface area contributed by atoms with Gasteiger partial charge in [0.05, 0.1) is 4.47 Å². The van der Waals surface area contributed by atoms with Crippen molar-refractivity contribution < 1.29 is 4.74 Å². The molecule has 0 N–H and O–H groups in total. The predicted octanol–water partition coefficient (Wildman–Crippen LogP) is 3.07. The number of aromatic nitrogens is 2. The molecule has 1 aromatic rings. The summed E-state index contributed by atoms with van der Waals surface area (Å²) in [6, 6.07) is 0. The van der Waals surface area contributed by atoms with Crippen LogP contribution in [0.2, 0.25) is 5.28 Å². The molecule has 1 rings (SSSR count). The first-order chi connectivity index (χ1) is 5.88. The maximum Gasteiger partial charge on any atom is 0.232 e. The zero-order valence-electron chi connectivity index (χ0n) is 7.64. The van der Waals surface area contributed by atoms with Gasteiger partial charge in [0.15, 0.2) is 0 Å². The van der Waals surface area contributed by atoms with E-state index in [0.29, 0.717) is 10.4 Å². The molecule has 0 saturated carbocycles. The van der Waals surface area contributed by atoms with Gasteiger partial charge in [-0.2, -0.15) is 4.98 Å². The number of nitrogens with zero attached hydrogens (tertiary/aromatic N) is 2. The van der Waals surface area contributed by atoms with Crippen LogP contribution in [0.4, 0.5) is 0 Å². The molecule has 3 nitrogen and oxygen atoms in total. The molecule has 0 fully saturated rings. The Kier molecular flexibility index (Phi) is 3.14. The van der Waals surface area contributed by atoms with Crippen LogP contribution in [-0.4, -0.2) is 15.6 Å². The topological polar surface area (TPSA) is 35.0 Å². The first kappa shape index (κ1) is 10.7. The molecule has 0 saturated heterocycles. The van der Waals surface area contributed by atoms with E-state index in [1.807, 2.05) is 20.8 Å². The summed E-state index contributed by atoms with van der Waals surface area (Å²) in [5.41, 5.74) is -0.291. The quantitative estimate of drug-likeness (QED) is 0.732. The molecule has 0 spiro atoms. The van der Waals surface area contributed by atoms with Gasteiger partial charge in [0, 0.05) is 6.20 Å². The summed E-state index contributed by atoms with van der Waals surface area (Å²) in [5, 5.41) is 0.183. The normalized spacial score (nSPS) is 11.5. The van der Waals surface area contributed by atoms with Crippen LogP contribution < -0.4 is 4.74 Å². The van der Waals surface area contributed by atoms with Gasteiger partial charge in [-0.3, -0.25) is 0 Å². The van der Waals surface area contributed by atoms with Gasteiger partial charge >= 0.3 is 0 Å². The highest BCUT2D eigenvalue weighted by Gasteiger charge is 2.15. The summed E-state index contributed by atoms with van der Waals surface area (Å²) in [4.78, 5) is 7.74. The van der Waals surface area contributed by atoms with Crippen LogP contribution >= 0.6 is 27.5 Å². The van der Waals surface area contributed by atoms with Gasteiger partial charge in [-0.15, -0.1) is 0 Å². The molecule has 0 bridgehead atoms. The summed E-state index contributed by atoms with van der Waals surface area (Å²) in [7, 11) is 0. The van der Waals surface area contributed by atoms with Crippen LogP contribution in [0, 0.1) is 0 Å².